The summed E-state index contributed by atoms with van der Waals surface area (Å²) in [5.74, 6) is 1.23. The van der Waals surface area contributed by atoms with Crippen molar-refractivity contribution in [1.82, 2.24) is 14.7 Å². The van der Waals surface area contributed by atoms with Gasteiger partial charge in [-0.05, 0) is 14.0 Å². The number of likely N-dealkylation sites (N-methyl/N-ethyl adjacent to an activating group) is 1. The van der Waals surface area contributed by atoms with Gasteiger partial charge in [0.1, 0.15) is 5.82 Å². The fourth-order valence-electron chi connectivity index (χ4n) is 2.13. The first-order chi connectivity index (χ1) is 6.68. The molecule has 0 N–H and O–H groups in total. The highest BCUT2D eigenvalue weighted by Crippen LogP contribution is 2.18. The fourth-order valence-corrected chi connectivity index (χ4v) is 2.13. The lowest BCUT2D eigenvalue weighted by Gasteiger charge is -2.39. The molecule has 4 heteroatoms. The number of nitrogens with zero attached hydrogens (tertiary/aromatic N) is 4. The van der Waals surface area contributed by atoms with Gasteiger partial charge in [0.15, 0.2) is 0 Å². The second kappa shape index (κ2) is 3.61. The molecule has 0 spiro atoms. The highest BCUT2D eigenvalue weighted by Gasteiger charge is 2.23. The lowest BCUT2D eigenvalue weighted by molar-refractivity contribution is 0.273. The summed E-state index contributed by atoms with van der Waals surface area (Å²) in [7, 11) is 4.18. The Bertz CT molecular complexity index is 307. The molecule has 1 fully saturated rings. The fraction of sp³-hybridized carbons (Fsp3) is 0.700. The Morgan fingerprint density at radius 1 is 1.36 bits per heavy atom. The summed E-state index contributed by atoms with van der Waals surface area (Å²) in [6, 6.07) is 2.66. The molecule has 14 heavy (non-hydrogen) atoms. The van der Waals surface area contributed by atoms with E-state index >= 15 is 0 Å². The summed E-state index contributed by atoms with van der Waals surface area (Å²) < 4.78 is 1.95. The summed E-state index contributed by atoms with van der Waals surface area (Å²) in [5, 5.41) is 4.21. The zero-order chi connectivity index (χ0) is 10.1. The minimum Gasteiger partial charge on any atom is -0.352 e. The average Bonchev–Trinajstić information content (AvgIpc) is 2.52. The summed E-state index contributed by atoms with van der Waals surface area (Å²) in [5.41, 5.74) is 0. The second-order valence-electron chi connectivity index (χ2n) is 4.12. The zero-order valence-electron chi connectivity index (χ0n) is 9.14. The molecule has 4 nitrogen and oxygen atoms in total. The number of rotatable bonds is 1. The topological polar surface area (TPSA) is 24.3 Å². The summed E-state index contributed by atoms with van der Waals surface area (Å²) >= 11 is 0. The maximum atomic E-state index is 4.21. The van der Waals surface area contributed by atoms with Crippen molar-refractivity contribution in [3.63, 3.8) is 0 Å². The molecule has 1 atom stereocenters. The van der Waals surface area contributed by atoms with E-state index in [9.17, 15) is 0 Å². The largest absolute Gasteiger partial charge is 0.352 e. The molecule has 78 valence electrons. The normalized spacial score (nSPS) is 24.2. The van der Waals surface area contributed by atoms with Crippen molar-refractivity contribution in [3.05, 3.63) is 12.3 Å². The molecule has 1 aromatic heterocycles. The van der Waals surface area contributed by atoms with Gasteiger partial charge in [-0.2, -0.15) is 5.10 Å². The molecular formula is C10H18N4. The summed E-state index contributed by atoms with van der Waals surface area (Å²) in [4.78, 5) is 4.80. The molecule has 0 aromatic carbocycles. The van der Waals surface area contributed by atoms with E-state index < -0.39 is 0 Å². The van der Waals surface area contributed by atoms with Crippen LogP contribution in [0, 0.1) is 0 Å². The molecule has 0 amide bonds. The lowest BCUT2D eigenvalue weighted by Crippen LogP contribution is -2.51. The van der Waals surface area contributed by atoms with Gasteiger partial charge < -0.3 is 9.80 Å². The van der Waals surface area contributed by atoms with Gasteiger partial charge in [-0.1, -0.05) is 0 Å². The predicted molar refractivity (Wildman–Crippen MR) is 57.5 cm³/mol. The molecule has 0 aliphatic carbocycles. The van der Waals surface area contributed by atoms with Gasteiger partial charge in [0.25, 0.3) is 0 Å². The molecular weight excluding hydrogens is 176 g/mol. The number of hydrogen-bond donors (Lipinski definition) is 0. The molecule has 0 bridgehead atoms. The molecule has 2 heterocycles. The van der Waals surface area contributed by atoms with E-state index in [4.69, 9.17) is 0 Å². The van der Waals surface area contributed by atoms with Crippen molar-refractivity contribution >= 4 is 5.82 Å². The predicted octanol–water partition coefficient (Wildman–Crippen LogP) is 0.560. The van der Waals surface area contributed by atoms with Crippen LogP contribution in [0.2, 0.25) is 0 Å². The third-order valence-electron chi connectivity index (χ3n) is 2.92. The van der Waals surface area contributed by atoms with Gasteiger partial charge in [0.05, 0.1) is 6.20 Å². The Hall–Kier alpha value is -1.03. The van der Waals surface area contributed by atoms with Crippen molar-refractivity contribution < 1.29 is 0 Å². The van der Waals surface area contributed by atoms with Crippen molar-refractivity contribution in [1.29, 1.82) is 0 Å². The Balaban J connectivity index is 2.15. The van der Waals surface area contributed by atoms with Crippen LogP contribution in [-0.4, -0.2) is 47.4 Å². The minimum atomic E-state index is 0.573. The SMILES string of the molecule is C[C@@H]1CN(C)CCN1c1ccnn1C. The molecule has 1 aliphatic rings. The van der Waals surface area contributed by atoms with E-state index in [1.165, 1.54) is 5.82 Å². The smallest absolute Gasteiger partial charge is 0.126 e. The quantitative estimate of drug-likeness (QED) is 0.653. The van der Waals surface area contributed by atoms with Crippen LogP contribution in [0.4, 0.5) is 5.82 Å². The van der Waals surface area contributed by atoms with E-state index in [2.05, 4.69) is 34.9 Å². The van der Waals surface area contributed by atoms with Crippen LogP contribution in [0.25, 0.3) is 0 Å². The Morgan fingerprint density at radius 3 is 2.71 bits per heavy atom. The zero-order valence-corrected chi connectivity index (χ0v) is 9.14. The van der Waals surface area contributed by atoms with Gasteiger partial charge in [-0.3, -0.25) is 4.68 Å². The summed E-state index contributed by atoms with van der Waals surface area (Å²) in [6.07, 6.45) is 1.86. The van der Waals surface area contributed by atoms with Crippen molar-refractivity contribution in [2.24, 2.45) is 7.05 Å². The maximum absolute atomic E-state index is 4.21. The van der Waals surface area contributed by atoms with Gasteiger partial charge in [-0.25, -0.2) is 0 Å². The Kier molecular flexibility index (Phi) is 2.46. The minimum absolute atomic E-state index is 0.573. The number of hydrogen-bond acceptors (Lipinski definition) is 3. The van der Waals surface area contributed by atoms with Crippen LogP contribution < -0.4 is 4.90 Å². The molecule has 0 unspecified atom stereocenters. The number of aryl methyl sites for hydroxylation is 1. The van der Waals surface area contributed by atoms with E-state index in [1.54, 1.807) is 0 Å². The number of anilines is 1. The first kappa shape index (κ1) is 9.52. The van der Waals surface area contributed by atoms with E-state index in [1.807, 2.05) is 17.9 Å². The lowest BCUT2D eigenvalue weighted by atomic mass is 10.2. The second-order valence-corrected chi connectivity index (χ2v) is 4.12. The highest BCUT2D eigenvalue weighted by molar-refractivity contribution is 5.40. The third-order valence-corrected chi connectivity index (χ3v) is 2.92. The van der Waals surface area contributed by atoms with Crippen molar-refractivity contribution in [2.45, 2.75) is 13.0 Å². The molecule has 2 rings (SSSR count). The standard InChI is InChI=1S/C10H18N4/c1-9-8-12(2)6-7-14(9)10-4-5-11-13(10)3/h4-5,9H,6-8H2,1-3H3/t9-/m1/s1. The first-order valence-electron chi connectivity index (χ1n) is 5.11. The van der Waals surface area contributed by atoms with Gasteiger partial charge in [-0.15, -0.1) is 0 Å². The van der Waals surface area contributed by atoms with Crippen LogP contribution >= 0.6 is 0 Å². The van der Waals surface area contributed by atoms with Crippen LogP contribution in [0.15, 0.2) is 12.3 Å². The van der Waals surface area contributed by atoms with E-state index in [0.29, 0.717) is 6.04 Å². The molecule has 1 aromatic rings. The maximum Gasteiger partial charge on any atom is 0.126 e. The number of aromatic nitrogens is 2. The van der Waals surface area contributed by atoms with Gasteiger partial charge in [0, 0.05) is 38.8 Å². The van der Waals surface area contributed by atoms with Crippen LogP contribution in [0.3, 0.4) is 0 Å². The van der Waals surface area contributed by atoms with Crippen molar-refractivity contribution in [2.75, 3.05) is 31.6 Å². The molecule has 0 radical (unpaired) electrons. The van der Waals surface area contributed by atoms with Gasteiger partial charge >= 0.3 is 0 Å². The van der Waals surface area contributed by atoms with E-state index in [-0.39, 0.29) is 0 Å². The van der Waals surface area contributed by atoms with E-state index in [0.717, 1.165) is 19.6 Å². The van der Waals surface area contributed by atoms with Crippen LogP contribution in [-0.2, 0) is 7.05 Å². The summed E-state index contributed by atoms with van der Waals surface area (Å²) in [6.45, 7) is 5.63. The monoisotopic (exact) mass is 194 g/mol. The molecule has 1 saturated heterocycles. The Labute approximate surface area is 85.1 Å². The van der Waals surface area contributed by atoms with Gasteiger partial charge in [0.2, 0.25) is 0 Å². The number of piperazine rings is 1. The third kappa shape index (κ3) is 1.62. The first-order valence-corrected chi connectivity index (χ1v) is 5.11. The highest BCUT2D eigenvalue weighted by atomic mass is 15.4. The molecule has 0 saturated carbocycles. The molecule has 1 aliphatic heterocycles. The van der Waals surface area contributed by atoms with Crippen molar-refractivity contribution in [3.8, 4) is 0 Å². The van der Waals surface area contributed by atoms with Crippen LogP contribution in [0.5, 0.6) is 0 Å². The average molecular weight is 194 g/mol. The van der Waals surface area contributed by atoms with Crippen LogP contribution in [0.1, 0.15) is 6.92 Å². The Morgan fingerprint density at radius 2 is 2.14 bits per heavy atom.